The van der Waals surface area contributed by atoms with Crippen LogP contribution in [0.15, 0.2) is 42.7 Å². The number of tetrazole rings is 1. The number of aryl methyl sites for hydroxylation is 4. The van der Waals surface area contributed by atoms with Crippen molar-refractivity contribution in [3.63, 3.8) is 0 Å². The van der Waals surface area contributed by atoms with E-state index in [-0.39, 0.29) is 5.91 Å². The second-order valence-corrected chi connectivity index (χ2v) is 7.96. The van der Waals surface area contributed by atoms with Crippen molar-refractivity contribution in [2.75, 3.05) is 5.32 Å². The predicted molar refractivity (Wildman–Crippen MR) is 114 cm³/mol. The number of anilines is 1. The van der Waals surface area contributed by atoms with Crippen LogP contribution in [-0.2, 0) is 0 Å². The van der Waals surface area contributed by atoms with E-state index in [0.717, 1.165) is 33.1 Å². The fourth-order valence-corrected chi connectivity index (χ4v) is 4.28. The van der Waals surface area contributed by atoms with E-state index in [1.807, 2.05) is 32.0 Å². The Morgan fingerprint density at radius 1 is 1.03 bits per heavy atom. The van der Waals surface area contributed by atoms with Gasteiger partial charge in [-0.15, -0.1) is 16.4 Å². The molecule has 146 valence electrons. The number of rotatable bonds is 4. The van der Waals surface area contributed by atoms with Crippen molar-refractivity contribution in [3.8, 4) is 16.3 Å². The summed E-state index contributed by atoms with van der Waals surface area (Å²) in [5.41, 5.74) is 6.67. The van der Waals surface area contributed by atoms with E-state index in [2.05, 4.69) is 57.9 Å². The van der Waals surface area contributed by atoms with Crippen LogP contribution >= 0.6 is 11.3 Å². The summed E-state index contributed by atoms with van der Waals surface area (Å²) < 4.78 is 1.59. The molecule has 0 fully saturated rings. The first kappa shape index (κ1) is 18.9. The average molecular weight is 404 g/mol. The molecule has 0 bridgehead atoms. The van der Waals surface area contributed by atoms with Gasteiger partial charge in [-0.2, -0.15) is 0 Å². The molecule has 2 aromatic carbocycles. The lowest BCUT2D eigenvalue weighted by atomic mass is 10.1. The standard InChI is InChI=1S/C21H20N6OS/c1-12-5-7-17(13(2)9-12)21-23-15(4)19(29-21)20(28)24-16-6-8-18(14(3)10-16)27-11-22-25-26-27/h5-11H,1-4H3,(H,24,28). The number of nitrogens with one attached hydrogen (secondary N) is 1. The zero-order chi connectivity index (χ0) is 20.5. The molecule has 2 heterocycles. The van der Waals surface area contributed by atoms with Gasteiger partial charge in [0, 0.05) is 11.3 Å². The van der Waals surface area contributed by atoms with E-state index in [4.69, 9.17) is 0 Å². The Kier molecular flexibility index (Phi) is 4.94. The highest BCUT2D eigenvalue weighted by molar-refractivity contribution is 7.17. The van der Waals surface area contributed by atoms with Gasteiger partial charge in [0.05, 0.1) is 11.4 Å². The second kappa shape index (κ2) is 7.56. The monoisotopic (exact) mass is 404 g/mol. The summed E-state index contributed by atoms with van der Waals surface area (Å²) in [7, 11) is 0. The molecule has 0 aliphatic carbocycles. The Hall–Kier alpha value is -3.39. The number of carbonyl (C=O) groups excluding carboxylic acids is 1. The highest BCUT2D eigenvalue weighted by Crippen LogP contribution is 2.31. The van der Waals surface area contributed by atoms with Crippen molar-refractivity contribution in [3.05, 3.63) is 70.0 Å². The third-order valence-electron chi connectivity index (χ3n) is 4.67. The fourth-order valence-electron chi connectivity index (χ4n) is 3.23. The number of aromatic nitrogens is 5. The SMILES string of the molecule is Cc1ccc(-c2nc(C)c(C(=O)Nc3ccc(-n4cnnn4)c(C)c3)s2)c(C)c1. The van der Waals surface area contributed by atoms with Gasteiger partial charge in [-0.05, 0) is 67.4 Å². The summed E-state index contributed by atoms with van der Waals surface area (Å²) in [6, 6.07) is 11.9. The number of benzene rings is 2. The summed E-state index contributed by atoms with van der Waals surface area (Å²) in [6.07, 6.45) is 1.54. The van der Waals surface area contributed by atoms with Crippen LogP contribution in [0.4, 0.5) is 5.69 Å². The van der Waals surface area contributed by atoms with E-state index in [9.17, 15) is 4.79 Å². The normalized spacial score (nSPS) is 10.9. The maximum absolute atomic E-state index is 12.9. The fraction of sp³-hybridized carbons (Fsp3) is 0.190. The molecule has 0 spiro atoms. The molecule has 0 saturated heterocycles. The van der Waals surface area contributed by atoms with Crippen LogP contribution in [0.1, 0.15) is 32.1 Å². The molecular weight excluding hydrogens is 384 g/mol. The van der Waals surface area contributed by atoms with Crippen LogP contribution in [0.25, 0.3) is 16.3 Å². The highest BCUT2D eigenvalue weighted by Gasteiger charge is 2.18. The smallest absolute Gasteiger partial charge is 0.267 e. The number of hydrogen-bond acceptors (Lipinski definition) is 6. The maximum Gasteiger partial charge on any atom is 0.267 e. The van der Waals surface area contributed by atoms with Gasteiger partial charge in [0.1, 0.15) is 16.2 Å². The lowest BCUT2D eigenvalue weighted by Crippen LogP contribution is -2.12. The van der Waals surface area contributed by atoms with E-state index in [1.54, 1.807) is 4.68 Å². The minimum atomic E-state index is -0.161. The van der Waals surface area contributed by atoms with E-state index in [0.29, 0.717) is 10.6 Å². The summed E-state index contributed by atoms with van der Waals surface area (Å²) >= 11 is 1.41. The quantitative estimate of drug-likeness (QED) is 0.549. The van der Waals surface area contributed by atoms with Crippen LogP contribution in [0.5, 0.6) is 0 Å². The Morgan fingerprint density at radius 3 is 2.55 bits per heavy atom. The number of hydrogen-bond donors (Lipinski definition) is 1. The zero-order valence-corrected chi connectivity index (χ0v) is 17.4. The Balaban J connectivity index is 1.58. The Bertz CT molecular complexity index is 1200. The first-order valence-corrected chi connectivity index (χ1v) is 9.94. The molecule has 4 aromatic rings. The number of thiazole rings is 1. The molecule has 0 saturated carbocycles. The van der Waals surface area contributed by atoms with Crippen LogP contribution in [-0.4, -0.2) is 31.1 Å². The Morgan fingerprint density at radius 2 is 1.86 bits per heavy atom. The van der Waals surface area contributed by atoms with Crippen LogP contribution in [0, 0.1) is 27.7 Å². The lowest BCUT2D eigenvalue weighted by molar-refractivity contribution is 0.103. The molecule has 2 aromatic heterocycles. The van der Waals surface area contributed by atoms with E-state index in [1.165, 1.54) is 23.2 Å². The molecule has 7 nitrogen and oxygen atoms in total. The van der Waals surface area contributed by atoms with Crippen LogP contribution in [0.3, 0.4) is 0 Å². The highest BCUT2D eigenvalue weighted by atomic mass is 32.1. The van der Waals surface area contributed by atoms with Crippen molar-refractivity contribution >= 4 is 22.9 Å². The summed E-state index contributed by atoms with van der Waals surface area (Å²) in [5.74, 6) is -0.161. The molecule has 4 rings (SSSR count). The van der Waals surface area contributed by atoms with Crippen molar-refractivity contribution in [2.24, 2.45) is 0 Å². The van der Waals surface area contributed by atoms with Gasteiger partial charge in [0.2, 0.25) is 0 Å². The van der Waals surface area contributed by atoms with E-state index >= 15 is 0 Å². The summed E-state index contributed by atoms with van der Waals surface area (Å²) in [6.45, 7) is 7.94. The van der Waals surface area contributed by atoms with Crippen molar-refractivity contribution in [1.29, 1.82) is 0 Å². The molecule has 0 radical (unpaired) electrons. The second-order valence-electron chi connectivity index (χ2n) is 6.96. The first-order chi connectivity index (χ1) is 13.9. The minimum Gasteiger partial charge on any atom is -0.321 e. The number of carbonyl (C=O) groups is 1. The third kappa shape index (κ3) is 3.79. The molecule has 8 heteroatoms. The van der Waals surface area contributed by atoms with Crippen LogP contribution < -0.4 is 5.32 Å². The van der Waals surface area contributed by atoms with Gasteiger partial charge < -0.3 is 5.32 Å². The third-order valence-corrected chi connectivity index (χ3v) is 5.86. The minimum absolute atomic E-state index is 0.161. The van der Waals surface area contributed by atoms with Crippen molar-refractivity contribution < 1.29 is 4.79 Å². The molecular formula is C21H20N6OS. The molecule has 1 amide bonds. The number of nitrogens with zero attached hydrogens (tertiary/aromatic N) is 5. The molecule has 0 aliphatic rings. The molecule has 1 N–H and O–H groups in total. The maximum atomic E-state index is 12.9. The Labute approximate surface area is 172 Å². The lowest BCUT2D eigenvalue weighted by Gasteiger charge is -2.08. The summed E-state index contributed by atoms with van der Waals surface area (Å²) in [4.78, 5) is 18.1. The summed E-state index contributed by atoms with van der Waals surface area (Å²) in [5, 5.41) is 15.0. The molecule has 0 atom stereocenters. The van der Waals surface area contributed by atoms with Gasteiger partial charge in [-0.25, -0.2) is 9.67 Å². The van der Waals surface area contributed by atoms with Gasteiger partial charge >= 0.3 is 0 Å². The van der Waals surface area contributed by atoms with Crippen molar-refractivity contribution in [2.45, 2.75) is 27.7 Å². The molecule has 29 heavy (non-hydrogen) atoms. The first-order valence-electron chi connectivity index (χ1n) is 9.13. The van der Waals surface area contributed by atoms with Gasteiger partial charge in [0.15, 0.2) is 0 Å². The molecule has 0 unspecified atom stereocenters. The van der Waals surface area contributed by atoms with Gasteiger partial charge in [-0.3, -0.25) is 4.79 Å². The topological polar surface area (TPSA) is 85.6 Å². The molecule has 0 aliphatic heterocycles. The predicted octanol–water partition coefficient (Wildman–Crippen LogP) is 4.27. The number of amides is 1. The van der Waals surface area contributed by atoms with Crippen molar-refractivity contribution in [1.82, 2.24) is 25.2 Å². The van der Waals surface area contributed by atoms with E-state index < -0.39 is 0 Å². The zero-order valence-electron chi connectivity index (χ0n) is 16.6. The average Bonchev–Trinajstić information content (AvgIpc) is 3.32. The van der Waals surface area contributed by atoms with Crippen LogP contribution in [0.2, 0.25) is 0 Å². The van der Waals surface area contributed by atoms with Gasteiger partial charge in [-0.1, -0.05) is 23.8 Å². The largest absolute Gasteiger partial charge is 0.321 e. The van der Waals surface area contributed by atoms with Gasteiger partial charge in [0.25, 0.3) is 5.91 Å².